The average molecular weight is 513 g/mol. The van der Waals surface area contributed by atoms with Crippen LogP contribution in [-0.2, 0) is 23.1 Å². The number of rotatable bonds is 8. The molecule has 0 saturated heterocycles. The maximum absolute atomic E-state index is 13.5. The van der Waals surface area contributed by atoms with Crippen molar-refractivity contribution in [2.24, 2.45) is 4.99 Å². The van der Waals surface area contributed by atoms with Crippen molar-refractivity contribution < 1.29 is 12.8 Å². The summed E-state index contributed by atoms with van der Waals surface area (Å²) < 4.78 is 34.3. The molecule has 3 aromatic carbocycles. The lowest BCUT2D eigenvalue weighted by molar-refractivity contribution is 0.357. The van der Waals surface area contributed by atoms with Crippen LogP contribution < -0.4 is 0 Å². The summed E-state index contributed by atoms with van der Waals surface area (Å²) in [6.45, 7) is 2.04. The molecule has 174 valence electrons. The first-order chi connectivity index (χ1) is 16.3. The minimum Gasteiger partial charge on any atom is -0.459 e. The summed E-state index contributed by atoms with van der Waals surface area (Å²) >= 11 is 12.2. The zero-order valence-corrected chi connectivity index (χ0v) is 20.7. The van der Waals surface area contributed by atoms with Crippen molar-refractivity contribution in [1.82, 2.24) is 4.31 Å². The molecule has 0 aliphatic carbocycles. The van der Waals surface area contributed by atoms with Crippen molar-refractivity contribution in [3.8, 4) is 0 Å². The lowest BCUT2D eigenvalue weighted by atomic mass is 10.2. The van der Waals surface area contributed by atoms with Crippen molar-refractivity contribution >= 4 is 45.1 Å². The second-order valence-electron chi connectivity index (χ2n) is 7.73. The second-order valence-corrected chi connectivity index (χ2v) is 10.5. The number of halogens is 2. The highest BCUT2D eigenvalue weighted by atomic mass is 35.5. The van der Waals surface area contributed by atoms with E-state index >= 15 is 0 Å². The first-order valence-corrected chi connectivity index (χ1v) is 12.7. The zero-order chi connectivity index (χ0) is 24.1. The molecule has 0 amide bonds. The number of para-hydroxylation sites is 1. The van der Waals surface area contributed by atoms with Gasteiger partial charge in [0, 0.05) is 6.54 Å². The molecule has 4 aromatic rings. The van der Waals surface area contributed by atoms with Crippen LogP contribution in [-0.4, -0.2) is 18.9 Å². The Labute approximate surface area is 209 Å². The summed E-state index contributed by atoms with van der Waals surface area (Å²) in [5.74, 6) is 1.02. The Morgan fingerprint density at radius 1 is 0.882 bits per heavy atom. The van der Waals surface area contributed by atoms with Crippen LogP contribution in [0.5, 0.6) is 0 Å². The van der Waals surface area contributed by atoms with Crippen LogP contribution in [0.1, 0.15) is 22.6 Å². The third-order valence-corrected chi connectivity index (χ3v) is 7.66. The molecule has 0 fully saturated rings. The van der Waals surface area contributed by atoms with Gasteiger partial charge in [-0.05, 0) is 61.0 Å². The fourth-order valence-electron chi connectivity index (χ4n) is 3.30. The van der Waals surface area contributed by atoms with Crippen LogP contribution in [0.2, 0.25) is 10.0 Å². The minimum absolute atomic E-state index is 0.0373. The molecule has 0 N–H and O–H groups in total. The number of furan rings is 1. The number of aliphatic imine (C=N–C) groups is 1. The number of nitrogens with zero attached hydrogens (tertiary/aromatic N) is 2. The van der Waals surface area contributed by atoms with Gasteiger partial charge in [0.15, 0.2) is 0 Å². The van der Waals surface area contributed by atoms with Crippen LogP contribution in [0.3, 0.4) is 0 Å². The van der Waals surface area contributed by atoms with Crippen molar-refractivity contribution in [2.45, 2.75) is 24.9 Å². The van der Waals surface area contributed by atoms with Gasteiger partial charge in [0.1, 0.15) is 11.5 Å². The van der Waals surface area contributed by atoms with Crippen LogP contribution in [0.25, 0.3) is 0 Å². The lowest BCUT2D eigenvalue weighted by Crippen LogP contribution is -2.30. The van der Waals surface area contributed by atoms with E-state index in [2.05, 4.69) is 4.99 Å². The Hall–Kier alpha value is -2.90. The third-order valence-electron chi connectivity index (χ3n) is 5.11. The highest BCUT2D eigenvalue weighted by Gasteiger charge is 2.26. The Kier molecular flexibility index (Phi) is 7.54. The normalized spacial score (nSPS) is 12.0. The number of aryl methyl sites for hydroxylation is 1. The van der Waals surface area contributed by atoms with Crippen molar-refractivity contribution in [3.05, 3.63) is 118 Å². The molecule has 8 heteroatoms. The summed E-state index contributed by atoms with van der Waals surface area (Å²) in [6, 6.07) is 24.8. The average Bonchev–Trinajstić information content (AvgIpc) is 3.28. The van der Waals surface area contributed by atoms with E-state index in [1.165, 1.54) is 4.31 Å². The van der Waals surface area contributed by atoms with Crippen molar-refractivity contribution in [1.29, 1.82) is 0 Å². The number of sulfonamides is 1. The maximum Gasteiger partial charge on any atom is 0.243 e. The number of hydrogen-bond donors (Lipinski definition) is 0. The van der Waals surface area contributed by atoms with E-state index in [0.29, 0.717) is 27.1 Å². The fraction of sp³-hybridized carbons (Fsp3) is 0.115. The SMILES string of the molecule is Cc1ccc(S(=O)(=O)N(Cc2ccc(Cl)c(Cl)c2)Cc2ccc(C=Nc3ccccc3)o2)cc1. The molecule has 0 aliphatic heterocycles. The van der Waals surface area contributed by atoms with Gasteiger partial charge in [0.05, 0.1) is 33.4 Å². The van der Waals surface area contributed by atoms with Gasteiger partial charge in [-0.1, -0.05) is 65.2 Å². The van der Waals surface area contributed by atoms with Gasteiger partial charge in [0.25, 0.3) is 0 Å². The molecule has 0 radical (unpaired) electrons. The summed E-state index contributed by atoms with van der Waals surface area (Å²) in [5, 5.41) is 0.774. The van der Waals surface area contributed by atoms with E-state index in [1.54, 1.807) is 60.8 Å². The van der Waals surface area contributed by atoms with Gasteiger partial charge in [-0.25, -0.2) is 8.42 Å². The van der Waals surface area contributed by atoms with Gasteiger partial charge in [0.2, 0.25) is 10.0 Å². The summed E-state index contributed by atoms with van der Waals surface area (Å²) in [5.41, 5.74) is 2.48. The molecule has 1 aromatic heterocycles. The van der Waals surface area contributed by atoms with E-state index in [1.807, 2.05) is 37.3 Å². The summed E-state index contributed by atoms with van der Waals surface area (Å²) in [7, 11) is -3.82. The lowest BCUT2D eigenvalue weighted by Gasteiger charge is -2.22. The van der Waals surface area contributed by atoms with E-state index in [9.17, 15) is 8.42 Å². The fourth-order valence-corrected chi connectivity index (χ4v) is 5.02. The maximum atomic E-state index is 13.5. The minimum atomic E-state index is -3.82. The van der Waals surface area contributed by atoms with E-state index < -0.39 is 10.0 Å². The van der Waals surface area contributed by atoms with Crippen LogP contribution >= 0.6 is 23.2 Å². The van der Waals surface area contributed by atoms with Crippen molar-refractivity contribution in [2.75, 3.05) is 0 Å². The Bertz CT molecular complexity index is 1400. The standard InChI is InChI=1S/C26H22Cl2N2O3S/c1-19-7-12-24(13-8-19)34(31,32)30(17-20-9-14-25(27)26(28)15-20)18-23-11-10-22(33-23)16-29-21-5-3-2-4-6-21/h2-16H,17-18H2,1H3. The molecule has 0 aliphatic rings. The Balaban J connectivity index is 1.61. The van der Waals surface area contributed by atoms with E-state index in [0.717, 1.165) is 11.3 Å². The topological polar surface area (TPSA) is 62.9 Å². The predicted molar refractivity (Wildman–Crippen MR) is 136 cm³/mol. The van der Waals surface area contributed by atoms with Gasteiger partial charge < -0.3 is 4.42 Å². The second kappa shape index (κ2) is 10.6. The van der Waals surface area contributed by atoms with Gasteiger partial charge in [-0.3, -0.25) is 4.99 Å². The largest absolute Gasteiger partial charge is 0.459 e. The quantitative estimate of drug-likeness (QED) is 0.238. The van der Waals surface area contributed by atoms with Gasteiger partial charge >= 0.3 is 0 Å². The molecular formula is C26H22Cl2N2O3S. The smallest absolute Gasteiger partial charge is 0.243 e. The zero-order valence-electron chi connectivity index (χ0n) is 18.4. The van der Waals surface area contributed by atoms with Crippen molar-refractivity contribution in [3.63, 3.8) is 0 Å². The molecule has 5 nitrogen and oxygen atoms in total. The Morgan fingerprint density at radius 3 is 2.32 bits per heavy atom. The molecule has 4 rings (SSSR count). The number of hydrogen-bond acceptors (Lipinski definition) is 4. The molecule has 0 atom stereocenters. The summed E-state index contributed by atoms with van der Waals surface area (Å²) in [6.07, 6.45) is 1.61. The third kappa shape index (κ3) is 5.96. The molecule has 0 unspecified atom stereocenters. The molecule has 1 heterocycles. The highest BCUT2D eigenvalue weighted by molar-refractivity contribution is 7.89. The monoisotopic (exact) mass is 512 g/mol. The Morgan fingerprint density at radius 2 is 1.62 bits per heavy atom. The number of benzene rings is 3. The van der Waals surface area contributed by atoms with Gasteiger partial charge in [-0.15, -0.1) is 0 Å². The van der Waals surface area contributed by atoms with Crippen LogP contribution in [0.4, 0.5) is 5.69 Å². The van der Waals surface area contributed by atoms with E-state index in [-0.39, 0.29) is 18.0 Å². The summed E-state index contributed by atoms with van der Waals surface area (Å²) in [4.78, 5) is 4.59. The highest BCUT2D eigenvalue weighted by Crippen LogP contribution is 2.26. The molecule has 0 saturated carbocycles. The molecule has 0 spiro atoms. The van der Waals surface area contributed by atoms with Gasteiger partial charge in [-0.2, -0.15) is 4.31 Å². The van der Waals surface area contributed by atoms with Crippen LogP contribution in [0.15, 0.2) is 99.2 Å². The van der Waals surface area contributed by atoms with Crippen LogP contribution in [0, 0.1) is 6.92 Å². The molecule has 34 heavy (non-hydrogen) atoms. The molecule has 0 bridgehead atoms. The first kappa shape index (κ1) is 24.2. The first-order valence-electron chi connectivity index (χ1n) is 10.5. The predicted octanol–water partition coefficient (Wildman–Crippen LogP) is 7.04. The van der Waals surface area contributed by atoms with E-state index in [4.69, 9.17) is 27.6 Å². The molecular weight excluding hydrogens is 491 g/mol.